The normalized spacial score (nSPS) is 11.9. The third-order valence-electron chi connectivity index (χ3n) is 4.52. The molecule has 1 aromatic carbocycles. The minimum absolute atomic E-state index is 0.113. The summed E-state index contributed by atoms with van der Waals surface area (Å²) in [5.41, 5.74) is 3.52. The first-order valence-electron chi connectivity index (χ1n) is 9.78. The Morgan fingerprint density at radius 3 is 2.83 bits per heavy atom. The number of anilines is 1. The van der Waals surface area contributed by atoms with E-state index in [0.29, 0.717) is 22.1 Å². The Morgan fingerprint density at radius 2 is 2.10 bits per heavy atom. The van der Waals surface area contributed by atoms with Crippen molar-refractivity contribution in [3.63, 3.8) is 0 Å². The van der Waals surface area contributed by atoms with Crippen LogP contribution in [0.3, 0.4) is 0 Å². The first kappa shape index (κ1) is 21.3. The van der Waals surface area contributed by atoms with Gasteiger partial charge in [-0.25, -0.2) is 9.97 Å². The zero-order valence-corrected chi connectivity index (χ0v) is 18.5. The van der Waals surface area contributed by atoms with E-state index in [1.807, 2.05) is 32.0 Å². The maximum Gasteiger partial charge on any atom is 0.239 e. The van der Waals surface area contributed by atoms with Crippen LogP contribution in [-0.2, 0) is 11.2 Å². The summed E-state index contributed by atoms with van der Waals surface area (Å²) in [6.07, 6.45) is 3.65. The number of thiazole rings is 1. The number of benzene rings is 1. The molecule has 3 aromatic rings. The van der Waals surface area contributed by atoms with Crippen molar-refractivity contribution in [3.8, 4) is 6.07 Å². The van der Waals surface area contributed by atoms with Crippen LogP contribution in [-0.4, -0.2) is 21.1 Å². The lowest BCUT2D eigenvalue weighted by Gasteiger charge is -2.14. The molecule has 0 aliphatic rings. The molecule has 0 fully saturated rings. The average Bonchev–Trinajstić information content (AvgIpc) is 3.11. The Bertz CT molecular complexity index is 1050. The Kier molecular flexibility index (Phi) is 7.24. The second-order valence-electron chi connectivity index (χ2n) is 6.86. The lowest BCUT2D eigenvalue weighted by atomic mass is 10.2. The van der Waals surface area contributed by atoms with Crippen molar-refractivity contribution in [2.45, 2.75) is 56.7 Å². The molecule has 1 amide bonds. The molecule has 0 bridgehead atoms. The van der Waals surface area contributed by atoms with Gasteiger partial charge in [-0.1, -0.05) is 49.4 Å². The SMILES string of the molecule is CCCCc1ccc(C#N)c(SC(CC)C(=O)Nc2nc3ccc(C)cc3s2)n1. The van der Waals surface area contributed by atoms with Crippen LogP contribution < -0.4 is 5.32 Å². The highest BCUT2D eigenvalue weighted by Gasteiger charge is 2.22. The smallest absolute Gasteiger partial charge is 0.239 e. The van der Waals surface area contributed by atoms with Crippen LogP contribution in [0, 0.1) is 18.3 Å². The van der Waals surface area contributed by atoms with Gasteiger partial charge in [-0.3, -0.25) is 4.79 Å². The van der Waals surface area contributed by atoms with E-state index in [4.69, 9.17) is 0 Å². The molecule has 7 heteroatoms. The van der Waals surface area contributed by atoms with E-state index in [1.165, 1.54) is 28.7 Å². The maximum atomic E-state index is 12.9. The van der Waals surface area contributed by atoms with Gasteiger partial charge >= 0.3 is 0 Å². The number of hydrogen-bond donors (Lipinski definition) is 1. The second kappa shape index (κ2) is 9.86. The minimum Gasteiger partial charge on any atom is -0.301 e. The molecule has 0 saturated carbocycles. The molecule has 3 rings (SSSR count). The highest BCUT2D eigenvalue weighted by Crippen LogP contribution is 2.30. The number of carbonyl (C=O) groups is 1. The molecule has 2 aromatic heterocycles. The summed E-state index contributed by atoms with van der Waals surface area (Å²) in [5.74, 6) is -0.113. The van der Waals surface area contributed by atoms with Crippen molar-refractivity contribution in [1.29, 1.82) is 5.26 Å². The summed E-state index contributed by atoms with van der Waals surface area (Å²) >= 11 is 2.83. The number of nitrogens with zero attached hydrogens (tertiary/aromatic N) is 3. The number of amides is 1. The summed E-state index contributed by atoms with van der Waals surface area (Å²) in [6, 6.07) is 12.0. The third kappa shape index (κ3) is 5.34. The van der Waals surface area contributed by atoms with E-state index in [9.17, 15) is 10.1 Å². The second-order valence-corrected chi connectivity index (χ2v) is 9.09. The third-order valence-corrected chi connectivity index (χ3v) is 6.82. The first-order chi connectivity index (χ1) is 14.0. The van der Waals surface area contributed by atoms with Gasteiger partial charge < -0.3 is 5.32 Å². The summed E-state index contributed by atoms with van der Waals surface area (Å²) < 4.78 is 1.05. The van der Waals surface area contributed by atoms with Gasteiger partial charge in [0, 0.05) is 5.69 Å². The lowest BCUT2D eigenvalue weighted by molar-refractivity contribution is -0.115. The predicted molar refractivity (Wildman–Crippen MR) is 120 cm³/mol. The fourth-order valence-corrected chi connectivity index (χ4v) is 4.86. The molecular formula is C22H24N4OS2. The Balaban J connectivity index is 1.76. The molecule has 0 saturated heterocycles. The zero-order chi connectivity index (χ0) is 20.8. The molecule has 2 heterocycles. The van der Waals surface area contributed by atoms with Crippen molar-refractivity contribution in [1.82, 2.24) is 9.97 Å². The minimum atomic E-state index is -0.343. The molecule has 0 aliphatic carbocycles. The molecule has 0 radical (unpaired) electrons. The summed E-state index contributed by atoms with van der Waals surface area (Å²) in [5, 5.41) is 13.3. The van der Waals surface area contributed by atoms with E-state index in [1.54, 1.807) is 6.07 Å². The Labute approximate surface area is 179 Å². The van der Waals surface area contributed by atoms with Crippen LogP contribution >= 0.6 is 23.1 Å². The molecule has 150 valence electrons. The largest absolute Gasteiger partial charge is 0.301 e. The number of pyridine rings is 1. The van der Waals surface area contributed by atoms with Crippen molar-refractivity contribution in [3.05, 3.63) is 47.2 Å². The van der Waals surface area contributed by atoms with E-state index >= 15 is 0 Å². The Morgan fingerprint density at radius 1 is 1.28 bits per heavy atom. The van der Waals surface area contributed by atoms with Crippen molar-refractivity contribution >= 4 is 44.4 Å². The number of rotatable bonds is 8. The van der Waals surface area contributed by atoms with Crippen LogP contribution in [0.1, 0.15) is 49.9 Å². The molecule has 5 nitrogen and oxygen atoms in total. The number of nitriles is 1. The zero-order valence-electron chi connectivity index (χ0n) is 16.9. The van der Waals surface area contributed by atoms with Crippen molar-refractivity contribution in [2.24, 2.45) is 0 Å². The van der Waals surface area contributed by atoms with Gasteiger partial charge in [0.2, 0.25) is 5.91 Å². The fraction of sp³-hybridized carbons (Fsp3) is 0.364. The van der Waals surface area contributed by atoms with E-state index in [0.717, 1.165) is 35.2 Å². The highest BCUT2D eigenvalue weighted by molar-refractivity contribution is 8.00. The van der Waals surface area contributed by atoms with E-state index < -0.39 is 0 Å². The predicted octanol–water partition coefficient (Wildman–Crippen LogP) is 5.72. The summed E-state index contributed by atoms with van der Waals surface area (Å²) in [6.45, 7) is 6.14. The van der Waals surface area contributed by atoms with Gasteiger partial charge in [-0.15, -0.1) is 0 Å². The molecule has 0 spiro atoms. The number of unbranched alkanes of at least 4 members (excludes halogenated alkanes) is 1. The highest BCUT2D eigenvalue weighted by atomic mass is 32.2. The number of aromatic nitrogens is 2. The Hall–Kier alpha value is -2.43. The van der Waals surface area contributed by atoms with Crippen LogP contribution in [0.2, 0.25) is 0 Å². The lowest BCUT2D eigenvalue weighted by Crippen LogP contribution is -2.24. The number of nitrogens with one attached hydrogen (secondary N) is 1. The topological polar surface area (TPSA) is 78.7 Å². The van der Waals surface area contributed by atoms with Gasteiger partial charge in [-0.05, 0) is 56.0 Å². The van der Waals surface area contributed by atoms with Gasteiger partial charge in [0.05, 0.1) is 21.0 Å². The van der Waals surface area contributed by atoms with Crippen LogP contribution in [0.15, 0.2) is 35.4 Å². The number of fused-ring (bicyclic) bond motifs is 1. The maximum absolute atomic E-state index is 12.9. The van der Waals surface area contributed by atoms with Crippen LogP contribution in [0.4, 0.5) is 5.13 Å². The molecule has 1 N–H and O–H groups in total. The monoisotopic (exact) mass is 424 g/mol. The molecule has 1 unspecified atom stereocenters. The molecule has 0 aliphatic heterocycles. The number of hydrogen-bond acceptors (Lipinski definition) is 6. The summed E-state index contributed by atoms with van der Waals surface area (Å²) in [7, 11) is 0. The molecule has 29 heavy (non-hydrogen) atoms. The van der Waals surface area contributed by atoms with E-state index in [2.05, 4.69) is 34.3 Å². The molecular weight excluding hydrogens is 400 g/mol. The van der Waals surface area contributed by atoms with Gasteiger partial charge in [0.25, 0.3) is 0 Å². The number of carbonyl (C=O) groups excluding carboxylic acids is 1. The summed E-state index contributed by atoms with van der Waals surface area (Å²) in [4.78, 5) is 22.0. The quantitative estimate of drug-likeness (QED) is 0.468. The fourth-order valence-electron chi connectivity index (χ4n) is 2.88. The first-order valence-corrected chi connectivity index (χ1v) is 11.5. The number of thioether (sulfide) groups is 1. The van der Waals surface area contributed by atoms with Crippen molar-refractivity contribution in [2.75, 3.05) is 5.32 Å². The number of aryl methyl sites for hydroxylation is 2. The van der Waals surface area contributed by atoms with Crippen LogP contribution in [0.25, 0.3) is 10.2 Å². The van der Waals surface area contributed by atoms with Gasteiger partial charge in [0.1, 0.15) is 11.1 Å². The molecule has 1 atom stereocenters. The standard InChI is InChI=1S/C22H24N4OS2/c1-4-6-7-16-10-9-15(13-23)21(24-16)28-18(5-2)20(27)26-22-25-17-11-8-14(3)12-19(17)29-22/h8-12,18H,4-7H2,1-3H3,(H,25,26,27). The van der Waals surface area contributed by atoms with Gasteiger partial charge in [-0.2, -0.15) is 5.26 Å². The van der Waals surface area contributed by atoms with E-state index in [-0.39, 0.29) is 11.2 Å². The van der Waals surface area contributed by atoms with Crippen LogP contribution in [0.5, 0.6) is 0 Å². The van der Waals surface area contributed by atoms with Crippen molar-refractivity contribution < 1.29 is 4.79 Å². The average molecular weight is 425 g/mol. The van der Waals surface area contributed by atoms with Gasteiger partial charge in [0.15, 0.2) is 5.13 Å².